The lowest BCUT2D eigenvalue weighted by Gasteiger charge is -2.05. The van der Waals surface area contributed by atoms with Crippen molar-refractivity contribution in [3.8, 4) is 0 Å². The van der Waals surface area contributed by atoms with Gasteiger partial charge in [0.15, 0.2) is 15.6 Å². The highest BCUT2D eigenvalue weighted by Crippen LogP contribution is 2.17. The smallest absolute Gasteiger partial charge is 0.182 e. The molecule has 20 heavy (non-hydrogen) atoms. The first-order chi connectivity index (χ1) is 9.53. The molecule has 2 aromatic carbocycles. The van der Waals surface area contributed by atoms with Crippen LogP contribution in [0.4, 0.5) is 0 Å². The minimum Gasteiger partial charge on any atom is -0.293 e. The molecule has 0 aliphatic carbocycles. The molecule has 0 atom stereocenters. The van der Waals surface area contributed by atoms with Crippen molar-refractivity contribution >= 4 is 27.2 Å². The monoisotopic (exact) mass is 308 g/mol. The average molecular weight is 309 g/mol. The number of alkyl halides is 1. The molecule has 0 bridgehead atoms. The number of hydrogen-bond acceptors (Lipinski definition) is 3. The van der Waals surface area contributed by atoms with Gasteiger partial charge in [-0.05, 0) is 17.7 Å². The van der Waals surface area contributed by atoms with Gasteiger partial charge in [0, 0.05) is 5.56 Å². The average Bonchev–Trinajstić information content (AvgIpc) is 2.47. The van der Waals surface area contributed by atoms with Gasteiger partial charge in [-0.15, -0.1) is 11.6 Å². The highest BCUT2D eigenvalue weighted by molar-refractivity contribution is 7.90. The van der Waals surface area contributed by atoms with Crippen molar-refractivity contribution in [2.75, 3.05) is 5.88 Å². The maximum Gasteiger partial charge on any atom is 0.182 e. The quantitative estimate of drug-likeness (QED) is 0.630. The van der Waals surface area contributed by atoms with Crippen LogP contribution in [-0.4, -0.2) is 20.1 Å². The molecule has 5 heteroatoms. The molecular weight excluding hydrogens is 296 g/mol. The van der Waals surface area contributed by atoms with Crippen LogP contribution in [0.15, 0.2) is 59.5 Å². The minimum atomic E-state index is -3.41. The second-order valence-electron chi connectivity index (χ2n) is 4.33. The summed E-state index contributed by atoms with van der Waals surface area (Å²) in [7, 11) is -3.41. The molecule has 0 aliphatic rings. The Kier molecular flexibility index (Phi) is 4.57. The van der Waals surface area contributed by atoms with Crippen molar-refractivity contribution in [2.24, 2.45) is 0 Å². The van der Waals surface area contributed by atoms with Gasteiger partial charge >= 0.3 is 0 Å². The van der Waals surface area contributed by atoms with Gasteiger partial charge in [0.1, 0.15) is 0 Å². The molecule has 0 saturated heterocycles. The number of rotatable bonds is 5. The molecule has 2 rings (SSSR count). The van der Waals surface area contributed by atoms with Crippen LogP contribution in [0.2, 0.25) is 0 Å². The van der Waals surface area contributed by atoms with Crippen LogP contribution < -0.4 is 0 Å². The third-order valence-corrected chi connectivity index (χ3v) is 4.80. The molecule has 0 amide bonds. The van der Waals surface area contributed by atoms with E-state index in [0.29, 0.717) is 5.56 Å². The normalized spacial score (nSPS) is 11.2. The van der Waals surface area contributed by atoms with E-state index in [-0.39, 0.29) is 22.3 Å². The van der Waals surface area contributed by atoms with Crippen LogP contribution in [0, 0.1) is 0 Å². The molecular formula is C15H13ClO3S. The van der Waals surface area contributed by atoms with Crippen LogP contribution in [-0.2, 0) is 15.6 Å². The number of ketones is 1. The van der Waals surface area contributed by atoms with Gasteiger partial charge in [-0.25, -0.2) is 8.42 Å². The Hall–Kier alpha value is -1.65. The zero-order valence-electron chi connectivity index (χ0n) is 10.6. The van der Waals surface area contributed by atoms with Gasteiger partial charge in [0.25, 0.3) is 0 Å². The second-order valence-corrected chi connectivity index (χ2v) is 6.58. The van der Waals surface area contributed by atoms with Gasteiger partial charge in [0.2, 0.25) is 0 Å². The molecule has 0 aliphatic heterocycles. The molecule has 3 nitrogen and oxygen atoms in total. The van der Waals surface area contributed by atoms with Gasteiger partial charge in [0.05, 0.1) is 16.5 Å². The standard InChI is InChI=1S/C15H13ClO3S/c16-10-15(17)13-6-8-14(9-7-13)20(18,19)11-12-4-2-1-3-5-12/h1-9H,10-11H2. The van der Waals surface area contributed by atoms with Crippen LogP contribution in [0.5, 0.6) is 0 Å². The van der Waals surface area contributed by atoms with E-state index in [9.17, 15) is 13.2 Å². The Labute approximate surface area is 123 Å². The van der Waals surface area contributed by atoms with Gasteiger partial charge in [-0.2, -0.15) is 0 Å². The highest BCUT2D eigenvalue weighted by Gasteiger charge is 2.15. The molecule has 104 valence electrons. The Morgan fingerprint density at radius 1 is 0.950 bits per heavy atom. The molecule has 0 spiro atoms. The minimum absolute atomic E-state index is 0.0589. The van der Waals surface area contributed by atoms with Crippen LogP contribution >= 0.6 is 11.6 Å². The third-order valence-electron chi connectivity index (χ3n) is 2.86. The van der Waals surface area contributed by atoms with Crippen molar-refractivity contribution in [3.63, 3.8) is 0 Å². The summed E-state index contributed by atoms with van der Waals surface area (Å²) < 4.78 is 24.5. The van der Waals surface area contributed by atoms with E-state index in [1.807, 2.05) is 6.07 Å². The first-order valence-electron chi connectivity index (χ1n) is 5.99. The number of sulfone groups is 1. The van der Waals surface area contributed by atoms with Gasteiger partial charge in [-0.3, -0.25) is 4.79 Å². The molecule has 0 saturated carbocycles. The summed E-state index contributed by atoms with van der Waals surface area (Å²) in [4.78, 5) is 11.6. The number of hydrogen-bond donors (Lipinski definition) is 0. The number of carbonyl (C=O) groups is 1. The fourth-order valence-electron chi connectivity index (χ4n) is 1.80. The molecule has 0 unspecified atom stereocenters. The van der Waals surface area contributed by atoms with Crippen molar-refractivity contribution < 1.29 is 13.2 Å². The highest BCUT2D eigenvalue weighted by atomic mass is 35.5. The molecule has 0 radical (unpaired) electrons. The SMILES string of the molecule is O=C(CCl)c1ccc(S(=O)(=O)Cc2ccccc2)cc1. The predicted molar refractivity (Wildman–Crippen MR) is 78.8 cm³/mol. The van der Waals surface area contributed by atoms with E-state index < -0.39 is 9.84 Å². The lowest BCUT2D eigenvalue weighted by molar-refractivity contribution is 0.102. The summed E-state index contributed by atoms with van der Waals surface area (Å²) in [6.07, 6.45) is 0. The van der Waals surface area contributed by atoms with Crippen LogP contribution in [0.1, 0.15) is 15.9 Å². The maximum absolute atomic E-state index is 12.2. The number of benzene rings is 2. The van der Waals surface area contributed by atoms with E-state index in [4.69, 9.17) is 11.6 Å². The van der Waals surface area contributed by atoms with Crippen molar-refractivity contribution in [1.29, 1.82) is 0 Å². The lowest BCUT2D eigenvalue weighted by Crippen LogP contribution is -2.06. The Balaban J connectivity index is 2.24. The fraction of sp³-hybridized carbons (Fsp3) is 0.133. The Morgan fingerprint density at radius 2 is 1.55 bits per heavy atom. The summed E-state index contributed by atoms with van der Waals surface area (Å²) in [6, 6.07) is 14.8. The Bertz CT molecular complexity index is 692. The van der Waals surface area contributed by atoms with Gasteiger partial charge in [-0.1, -0.05) is 42.5 Å². The zero-order chi connectivity index (χ0) is 14.6. The number of halogens is 1. The summed E-state index contributed by atoms with van der Waals surface area (Å²) >= 11 is 5.46. The van der Waals surface area contributed by atoms with Gasteiger partial charge < -0.3 is 0 Å². The summed E-state index contributed by atoms with van der Waals surface area (Å²) in [5.41, 5.74) is 1.15. The topological polar surface area (TPSA) is 51.2 Å². The van der Waals surface area contributed by atoms with E-state index in [0.717, 1.165) is 5.56 Å². The van der Waals surface area contributed by atoms with Crippen LogP contribution in [0.25, 0.3) is 0 Å². The summed E-state index contributed by atoms with van der Waals surface area (Å²) in [5.74, 6) is -0.397. The van der Waals surface area contributed by atoms with E-state index in [1.54, 1.807) is 24.3 Å². The van der Waals surface area contributed by atoms with E-state index in [2.05, 4.69) is 0 Å². The molecule has 0 heterocycles. The first-order valence-corrected chi connectivity index (χ1v) is 8.17. The second kappa shape index (κ2) is 6.20. The molecule has 2 aromatic rings. The van der Waals surface area contributed by atoms with Crippen molar-refractivity contribution in [2.45, 2.75) is 10.6 Å². The van der Waals surface area contributed by atoms with Crippen molar-refractivity contribution in [1.82, 2.24) is 0 Å². The van der Waals surface area contributed by atoms with Crippen LogP contribution in [0.3, 0.4) is 0 Å². The zero-order valence-corrected chi connectivity index (χ0v) is 12.2. The molecule has 0 N–H and O–H groups in total. The Morgan fingerprint density at radius 3 is 2.10 bits per heavy atom. The van der Waals surface area contributed by atoms with E-state index >= 15 is 0 Å². The number of Topliss-reactive ketones (excluding diaryl/α,β-unsaturated/α-hetero) is 1. The largest absolute Gasteiger partial charge is 0.293 e. The molecule has 0 aromatic heterocycles. The summed E-state index contributed by atoms with van der Waals surface area (Å²) in [6.45, 7) is 0. The predicted octanol–water partition coefficient (Wildman–Crippen LogP) is 3.08. The van der Waals surface area contributed by atoms with Crippen molar-refractivity contribution in [3.05, 3.63) is 65.7 Å². The maximum atomic E-state index is 12.2. The fourth-order valence-corrected chi connectivity index (χ4v) is 3.31. The third kappa shape index (κ3) is 3.46. The molecule has 0 fully saturated rings. The van der Waals surface area contributed by atoms with E-state index in [1.165, 1.54) is 24.3 Å². The summed E-state index contributed by atoms with van der Waals surface area (Å²) in [5, 5.41) is 0. The number of carbonyl (C=O) groups excluding carboxylic acids is 1. The lowest BCUT2D eigenvalue weighted by atomic mass is 10.1. The first kappa shape index (κ1) is 14.8.